The Bertz CT molecular complexity index is 699. The maximum atomic E-state index is 9.86. The second-order valence-electron chi connectivity index (χ2n) is 4.53. The van der Waals surface area contributed by atoms with Crippen LogP contribution in [-0.2, 0) is 0 Å². The number of phenolic OH excluding ortho intramolecular Hbond substituents is 1. The first kappa shape index (κ1) is 10.8. The number of rotatable bonds is 1. The van der Waals surface area contributed by atoms with E-state index in [1.54, 1.807) is 6.07 Å². The van der Waals surface area contributed by atoms with E-state index in [9.17, 15) is 5.11 Å². The molecule has 0 saturated carbocycles. The quantitative estimate of drug-likeness (QED) is 0.656. The smallest absolute Gasteiger partial charge is 0.123 e. The molecule has 0 unspecified atom stereocenters. The summed E-state index contributed by atoms with van der Waals surface area (Å²) in [5, 5.41) is 11.9. The molecule has 3 rings (SSSR count). The molecule has 88 valence electrons. The highest BCUT2D eigenvalue weighted by molar-refractivity contribution is 5.93. The number of hydrogen-bond donors (Lipinski definition) is 1. The van der Waals surface area contributed by atoms with Crippen LogP contribution in [-0.4, -0.2) is 5.11 Å². The van der Waals surface area contributed by atoms with Crippen molar-refractivity contribution in [2.24, 2.45) is 0 Å². The van der Waals surface area contributed by atoms with Gasteiger partial charge in [0.2, 0.25) is 0 Å². The molecule has 1 N–H and O–H groups in total. The van der Waals surface area contributed by atoms with Crippen LogP contribution in [0.3, 0.4) is 0 Å². The number of benzene rings is 3. The van der Waals surface area contributed by atoms with E-state index in [-0.39, 0.29) is 0 Å². The van der Waals surface area contributed by atoms with Crippen molar-refractivity contribution in [3.63, 3.8) is 0 Å². The van der Waals surface area contributed by atoms with E-state index in [0.717, 1.165) is 10.8 Å². The summed E-state index contributed by atoms with van der Waals surface area (Å²) >= 11 is 0. The number of phenols is 1. The van der Waals surface area contributed by atoms with Crippen LogP contribution in [0.5, 0.6) is 5.75 Å². The van der Waals surface area contributed by atoms with Crippen molar-refractivity contribution in [3.05, 3.63) is 66.2 Å². The Kier molecular flexibility index (Phi) is 2.52. The molecule has 3 aromatic rings. The average molecular weight is 234 g/mol. The molecule has 1 heteroatoms. The minimum Gasteiger partial charge on any atom is -0.507 e. The molecule has 0 amide bonds. The molecule has 0 bridgehead atoms. The van der Waals surface area contributed by atoms with Gasteiger partial charge in [0, 0.05) is 5.39 Å². The van der Waals surface area contributed by atoms with Crippen molar-refractivity contribution in [1.82, 2.24) is 0 Å². The third kappa shape index (κ3) is 1.74. The highest BCUT2D eigenvalue weighted by Gasteiger charge is 2.04. The number of aryl methyl sites for hydroxylation is 1. The van der Waals surface area contributed by atoms with Crippen molar-refractivity contribution in [2.45, 2.75) is 6.92 Å². The molecule has 3 aromatic carbocycles. The molecule has 1 nitrogen and oxygen atoms in total. The summed E-state index contributed by atoms with van der Waals surface area (Å²) in [6, 6.07) is 20.2. The van der Waals surface area contributed by atoms with E-state index in [0.29, 0.717) is 5.75 Å². The molecule has 0 aliphatic heterocycles. The zero-order chi connectivity index (χ0) is 12.5. The van der Waals surface area contributed by atoms with Crippen LogP contribution in [0.2, 0.25) is 0 Å². The molecule has 0 fully saturated rings. The largest absolute Gasteiger partial charge is 0.507 e. The van der Waals surface area contributed by atoms with E-state index >= 15 is 0 Å². The van der Waals surface area contributed by atoms with E-state index in [1.807, 2.05) is 30.3 Å². The standard InChI is InChI=1S/C17H14O/c1-12-7-10-17(18)15-9-8-14(11-16(12)15)13-5-3-2-4-6-13/h2-11,18H,1H3. The molecule has 0 atom stereocenters. The molecule has 0 aliphatic carbocycles. The maximum Gasteiger partial charge on any atom is 0.123 e. The fourth-order valence-corrected chi connectivity index (χ4v) is 2.29. The number of fused-ring (bicyclic) bond motifs is 1. The van der Waals surface area contributed by atoms with Gasteiger partial charge in [0.05, 0.1) is 0 Å². The SMILES string of the molecule is Cc1ccc(O)c2ccc(-c3ccccc3)cc12. The monoisotopic (exact) mass is 234 g/mol. The van der Waals surface area contributed by atoms with Crippen molar-refractivity contribution < 1.29 is 5.11 Å². The van der Waals surface area contributed by atoms with Gasteiger partial charge < -0.3 is 5.11 Å². The lowest BCUT2D eigenvalue weighted by molar-refractivity contribution is 0.481. The van der Waals surface area contributed by atoms with Gasteiger partial charge in [-0.1, -0.05) is 48.5 Å². The summed E-state index contributed by atoms with van der Waals surface area (Å²) in [6.07, 6.45) is 0. The Morgan fingerprint density at radius 3 is 2.28 bits per heavy atom. The third-order valence-electron chi connectivity index (χ3n) is 3.32. The van der Waals surface area contributed by atoms with Gasteiger partial charge in [0.25, 0.3) is 0 Å². The minimum absolute atomic E-state index is 0.343. The minimum atomic E-state index is 0.343. The zero-order valence-corrected chi connectivity index (χ0v) is 10.2. The molecule has 0 radical (unpaired) electrons. The van der Waals surface area contributed by atoms with Gasteiger partial charge in [0.15, 0.2) is 0 Å². The van der Waals surface area contributed by atoms with Crippen LogP contribution in [0.4, 0.5) is 0 Å². The topological polar surface area (TPSA) is 20.2 Å². The number of aromatic hydroxyl groups is 1. The Balaban J connectivity index is 2.26. The Hall–Kier alpha value is -2.28. The van der Waals surface area contributed by atoms with E-state index < -0.39 is 0 Å². The van der Waals surface area contributed by atoms with Gasteiger partial charge in [-0.25, -0.2) is 0 Å². The summed E-state index contributed by atoms with van der Waals surface area (Å²) in [7, 11) is 0. The maximum absolute atomic E-state index is 9.86. The summed E-state index contributed by atoms with van der Waals surface area (Å²) in [4.78, 5) is 0. The van der Waals surface area contributed by atoms with Crippen LogP contribution >= 0.6 is 0 Å². The predicted octanol–water partition coefficient (Wildman–Crippen LogP) is 4.52. The normalized spacial score (nSPS) is 10.7. The average Bonchev–Trinajstić information content (AvgIpc) is 2.44. The van der Waals surface area contributed by atoms with Crippen molar-refractivity contribution >= 4 is 10.8 Å². The molecular weight excluding hydrogens is 220 g/mol. The first-order chi connectivity index (χ1) is 8.75. The highest BCUT2D eigenvalue weighted by Crippen LogP contribution is 2.31. The van der Waals surface area contributed by atoms with Crippen LogP contribution in [0.25, 0.3) is 21.9 Å². The van der Waals surface area contributed by atoms with Crippen LogP contribution in [0.1, 0.15) is 5.56 Å². The Morgan fingerprint density at radius 2 is 1.50 bits per heavy atom. The predicted molar refractivity (Wildman–Crippen MR) is 75.8 cm³/mol. The van der Waals surface area contributed by atoms with Crippen LogP contribution in [0, 0.1) is 6.92 Å². The molecule has 0 aromatic heterocycles. The van der Waals surface area contributed by atoms with Gasteiger partial charge in [-0.15, -0.1) is 0 Å². The molecule has 0 aliphatic rings. The first-order valence-corrected chi connectivity index (χ1v) is 6.03. The van der Waals surface area contributed by atoms with Gasteiger partial charge >= 0.3 is 0 Å². The summed E-state index contributed by atoms with van der Waals surface area (Å²) < 4.78 is 0. The second-order valence-corrected chi connectivity index (χ2v) is 4.53. The fourth-order valence-electron chi connectivity index (χ4n) is 2.29. The van der Waals surface area contributed by atoms with Gasteiger partial charge in [0.1, 0.15) is 5.75 Å². The van der Waals surface area contributed by atoms with E-state index in [2.05, 4.69) is 31.2 Å². The zero-order valence-electron chi connectivity index (χ0n) is 10.2. The third-order valence-corrected chi connectivity index (χ3v) is 3.32. The Morgan fingerprint density at radius 1 is 0.722 bits per heavy atom. The lowest BCUT2D eigenvalue weighted by atomic mass is 9.98. The van der Waals surface area contributed by atoms with Crippen molar-refractivity contribution in [1.29, 1.82) is 0 Å². The van der Waals surface area contributed by atoms with Crippen LogP contribution < -0.4 is 0 Å². The van der Waals surface area contributed by atoms with Gasteiger partial charge in [-0.05, 0) is 41.1 Å². The molecule has 0 spiro atoms. The van der Waals surface area contributed by atoms with Crippen LogP contribution in [0.15, 0.2) is 60.7 Å². The number of hydrogen-bond acceptors (Lipinski definition) is 1. The van der Waals surface area contributed by atoms with Gasteiger partial charge in [-0.2, -0.15) is 0 Å². The summed E-state index contributed by atoms with van der Waals surface area (Å²) in [6.45, 7) is 2.07. The lowest BCUT2D eigenvalue weighted by Crippen LogP contribution is -1.82. The molecular formula is C17H14O. The van der Waals surface area contributed by atoms with Gasteiger partial charge in [-0.3, -0.25) is 0 Å². The van der Waals surface area contributed by atoms with E-state index in [1.165, 1.54) is 16.7 Å². The summed E-state index contributed by atoms with van der Waals surface area (Å²) in [5.74, 6) is 0.343. The van der Waals surface area contributed by atoms with Crippen molar-refractivity contribution in [3.8, 4) is 16.9 Å². The summed E-state index contributed by atoms with van der Waals surface area (Å²) in [5.41, 5.74) is 3.56. The van der Waals surface area contributed by atoms with E-state index in [4.69, 9.17) is 0 Å². The van der Waals surface area contributed by atoms with Crippen molar-refractivity contribution in [2.75, 3.05) is 0 Å². The first-order valence-electron chi connectivity index (χ1n) is 6.03. The Labute approximate surface area is 106 Å². The second kappa shape index (κ2) is 4.19. The fraction of sp³-hybridized carbons (Fsp3) is 0.0588. The molecule has 0 heterocycles. The molecule has 18 heavy (non-hydrogen) atoms. The highest BCUT2D eigenvalue weighted by atomic mass is 16.3. The molecule has 0 saturated heterocycles. The lowest BCUT2D eigenvalue weighted by Gasteiger charge is -2.07.